The van der Waals surface area contributed by atoms with Crippen LogP contribution in [0, 0.1) is 0 Å². The van der Waals surface area contributed by atoms with Crippen LogP contribution >= 0.6 is 0 Å². The summed E-state index contributed by atoms with van der Waals surface area (Å²) in [6, 6.07) is 8.39. The third kappa shape index (κ3) is 3.43. The number of rotatable bonds is 5. The highest BCUT2D eigenvalue weighted by atomic mass is 16.5. The second-order valence-electron chi connectivity index (χ2n) is 8.07. The maximum atomic E-state index is 13.1. The molecule has 6 nitrogen and oxygen atoms in total. The summed E-state index contributed by atoms with van der Waals surface area (Å²) in [7, 11) is 0. The van der Waals surface area contributed by atoms with Gasteiger partial charge in [0.25, 0.3) is 5.91 Å². The molecule has 3 amide bonds. The molecule has 1 aromatic carbocycles. The molecule has 1 saturated carbocycles. The first-order valence-electron chi connectivity index (χ1n) is 10.3. The van der Waals surface area contributed by atoms with Crippen LogP contribution in [0.4, 0.5) is 4.79 Å². The van der Waals surface area contributed by atoms with Crippen molar-refractivity contribution in [3.8, 4) is 5.75 Å². The van der Waals surface area contributed by atoms with Gasteiger partial charge in [-0.15, -0.1) is 0 Å². The van der Waals surface area contributed by atoms with Gasteiger partial charge in [0.15, 0.2) is 6.67 Å². The summed E-state index contributed by atoms with van der Waals surface area (Å²) < 4.78 is 5.54. The van der Waals surface area contributed by atoms with Crippen LogP contribution in [0.15, 0.2) is 24.3 Å². The fourth-order valence-corrected chi connectivity index (χ4v) is 4.98. The Kier molecular flexibility index (Phi) is 5.08. The van der Waals surface area contributed by atoms with Gasteiger partial charge in [-0.2, -0.15) is 0 Å². The molecule has 1 aliphatic carbocycles. The summed E-state index contributed by atoms with van der Waals surface area (Å²) in [5, 5.41) is 3.03. The van der Waals surface area contributed by atoms with Crippen molar-refractivity contribution >= 4 is 11.9 Å². The number of ether oxygens (including phenoxy) is 1. The van der Waals surface area contributed by atoms with Crippen molar-refractivity contribution in [2.45, 2.75) is 63.5 Å². The molecule has 2 saturated heterocycles. The maximum Gasteiger partial charge on any atom is 0.329 e. The molecule has 146 valence electrons. The van der Waals surface area contributed by atoms with E-state index in [1.807, 2.05) is 19.1 Å². The van der Waals surface area contributed by atoms with E-state index in [2.05, 4.69) is 17.4 Å². The first kappa shape index (κ1) is 18.3. The molecule has 1 spiro atoms. The summed E-state index contributed by atoms with van der Waals surface area (Å²) in [5.41, 5.74) is 0.633. The van der Waals surface area contributed by atoms with Crippen molar-refractivity contribution in [1.82, 2.24) is 10.2 Å². The van der Waals surface area contributed by atoms with Crippen molar-refractivity contribution in [3.05, 3.63) is 29.8 Å². The molecule has 27 heavy (non-hydrogen) atoms. The van der Waals surface area contributed by atoms with Gasteiger partial charge in [0, 0.05) is 18.4 Å². The molecule has 2 atom stereocenters. The fourth-order valence-electron chi connectivity index (χ4n) is 4.98. The summed E-state index contributed by atoms with van der Waals surface area (Å²) in [6.07, 6.45) is 6.95. The Morgan fingerprint density at radius 1 is 1.15 bits per heavy atom. The lowest BCUT2D eigenvalue weighted by atomic mass is 9.82. The average molecular weight is 372 g/mol. The van der Waals surface area contributed by atoms with Crippen molar-refractivity contribution in [2.24, 2.45) is 0 Å². The molecule has 3 fully saturated rings. The van der Waals surface area contributed by atoms with Crippen LogP contribution in [0.2, 0.25) is 0 Å². The van der Waals surface area contributed by atoms with E-state index in [9.17, 15) is 9.59 Å². The third-order valence-corrected chi connectivity index (χ3v) is 6.39. The summed E-state index contributed by atoms with van der Waals surface area (Å²) in [6.45, 7) is 4.09. The number of carbonyl (C=O) groups is 2. The van der Waals surface area contributed by atoms with Crippen LogP contribution < -0.4 is 15.0 Å². The lowest BCUT2D eigenvalue weighted by Crippen LogP contribution is -3.12. The minimum atomic E-state index is -0.622. The largest absolute Gasteiger partial charge is 0.494 e. The molecule has 2 aliphatic heterocycles. The van der Waals surface area contributed by atoms with Crippen LogP contribution in [-0.2, 0) is 4.79 Å². The lowest BCUT2D eigenvalue weighted by molar-refractivity contribution is -0.925. The number of imide groups is 1. The smallest absolute Gasteiger partial charge is 0.329 e. The van der Waals surface area contributed by atoms with Crippen molar-refractivity contribution in [1.29, 1.82) is 0 Å². The zero-order valence-corrected chi connectivity index (χ0v) is 16.1. The van der Waals surface area contributed by atoms with Gasteiger partial charge in [0.2, 0.25) is 0 Å². The van der Waals surface area contributed by atoms with E-state index in [0.29, 0.717) is 19.3 Å². The molecule has 0 radical (unpaired) electrons. The number of benzene rings is 1. The Hall–Kier alpha value is -2.08. The maximum absolute atomic E-state index is 13.1. The normalized spacial score (nSPS) is 27.2. The Bertz CT molecular complexity index is 697. The molecule has 0 bridgehead atoms. The number of urea groups is 1. The molecular formula is C21H30N3O3+. The van der Waals surface area contributed by atoms with Gasteiger partial charge in [0.1, 0.15) is 17.3 Å². The molecule has 4 rings (SSSR count). The van der Waals surface area contributed by atoms with Crippen molar-refractivity contribution in [3.63, 3.8) is 0 Å². The molecule has 2 heterocycles. The van der Waals surface area contributed by atoms with E-state index < -0.39 is 5.54 Å². The zero-order chi connectivity index (χ0) is 18.9. The summed E-state index contributed by atoms with van der Waals surface area (Å²) in [4.78, 5) is 28.4. The first-order chi connectivity index (χ1) is 13.1. The number of carbonyl (C=O) groups excluding carboxylic acids is 2. The van der Waals surface area contributed by atoms with E-state index in [1.54, 1.807) is 0 Å². The Morgan fingerprint density at radius 3 is 2.59 bits per heavy atom. The lowest BCUT2D eigenvalue weighted by Gasteiger charge is -2.31. The van der Waals surface area contributed by atoms with E-state index in [0.717, 1.165) is 57.2 Å². The highest BCUT2D eigenvalue weighted by Crippen LogP contribution is 2.33. The monoisotopic (exact) mass is 372 g/mol. The number of quaternary nitrogens is 1. The first-order valence-corrected chi connectivity index (χ1v) is 10.3. The number of nitrogens with one attached hydrogen (secondary N) is 2. The van der Waals surface area contributed by atoms with Crippen LogP contribution in [0.3, 0.4) is 0 Å². The van der Waals surface area contributed by atoms with E-state index in [1.165, 1.54) is 15.4 Å². The predicted molar refractivity (Wildman–Crippen MR) is 101 cm³/mol. The average Bonchev–Trinajstić information content (AvgIpc) is 3.23. The van der Waals surface area contributed by atoms with E-state index in [-0.39, 0.29) is 11.9 Å². The quantitative estimate of drug-likeness (QED) is 0.778. The van der Waals surface area contributed by atoms with Crippen molar-refractivity contribution < 1.29 is 19.2 Å². The van der Waals surface area contributed by atoms with E-state index >= 15 is 0 Å². The van der Waals surface area contributed by atoms with Crippen molar-refractivity contribution in [2.75, 3.05) is 19.8 Å². The summed E-state index contributed by atoms with van der Waals surface area (Å²) in [5.74, 6) is 0.881. The number of hydrogen-bond acceptors (Lipinski definition) is 3. The van der Waals surface area contributed by atoms with Crippen LogP contribution in [0.25, 0.3) is 0 Å². The second kappa shape index (κ2) is 7.50. The van der Waals surface area contributed by atoms with Gasteiger partial charge in [-0.25, -0.2) is 9.69 Å². The zero-order valence-electron chi connectivity index (χ0n) is 16.1. The van der Waals surface area contributed by atoms with Crippen LogP contribution in [0.1, 0.15) is 63.5 Å². The van der Waals surface area contributed by atoms with Gasteiger partial charge >= 0.3 is 6.03 Å². The number of nitrogens with zero attached hydrogens (tertiary/aromatic N) is 1. The SMILES string of the molecule is CCOc1ccc([C@@H]2CCC[NH+]2CN2C(=O)NC3(CCCCC3)C2=O)cc1. The molecule has 2 N–H and O–H groups in total. The van der Waals surface area contributed by atoms with Gasteiger partial charge in [-0.1, -0.05) is 19.3 Å². The molecule has 6 heteroatoms. The Morgan fingerprint density at radius 2 is 1.89 bits per heavy atom. The van der Waals surface area contributed by atoms with Gasteiger partial charge < -0.3 is 15.0 Å². The van der Waals surface area contributed by atoms with Gasteiger partial charge in [-0.3, -0.25) is 4.79 Å². The molecule has 0 aromatic heterocycles. The third-order valence-electron chi connectivity index (χ3n) is 6.39. The van der Waals surface area contributed by atoms with Gasteiger partial charge in [-0.05, 0) is 44.0 Å². The van der Waals surface area contributed by atoms with Crippen LogP contribution in [-0.4, -0.2) is 42.2 Å². The number of hydrogen-bond donors (Lipinski definition) is 2. The number of likely N-dealkylation sites (tertiary alicyclic amines) is 1. The highest BCUT2D eigenvalue weighted by molar-refractivity contribution is 6.06. The van der Waals surface area contributed by atoms with E-state index in [4.69, 9.17) is 4.74 Å². The Balaban J connectivity index is 1.46. The predicted octanol–water partition coefficient (Wildman–Crippen LogP) is 2.02. The van der Waals surface area contributed by atoms with Gasteiger partial charge in [0.05, 0.1) is 13.2 Å². The minimum absolute atomic E-state index is 0.00274. The summed E-state index contributed by atoms with van der Waals surface area (Å²) >= 11 is 0. The molecule has 1 unspecified atom stereocenters. The second-order valence-corrected chi connectivity index (χ2v) is 8.07. The molecule has 3 aliphatic rings. The number of amides is 3. The standard InChI is InChI=1S/C21H29N3O3/c1-2-27-17-10-8-16(9-11-17)18-7-6-14-23(18)15-24-19(25)21(22-20(24)26)12-4-3-5-13-21/h8-11,18H,2-7,12-15H2,1H3,(H,22,26)/p+1/t18-/m0/s1. The minimum Gasteiger partial charge on any atom is -0.494 e. The topological polar surface area (TPSA) is 63.1 Å². The van der Waals surface area contributed by atoms with Crippen LogP contribution in [0.5, 0.6) is 5.75 Å². The highest BCUT2D eigenvalue weighted by Gasteiger charge is 2.52. The fraction of sp³-hybridized carbons (Fsp3) is 0.619. The molecule has 1 aromatic rings. The molecular weight excluding hydrogens is 342 g/mol. The Labute approximate surface area is 160 Å².